The van der Waals surface area contributed by atoms with Crippen LogP contribution >= 0.6 is 0 Å². The highest BCUT2D eigenvalue weighted by atomic mass is 16.5. The van der Waals surface area contributed by atoms with Gasteiger partial charge in [-0.05, 0) is 65.3 Å². The number of ketones is 1. The normalized spacial score (nSPS) is 28.9. The topological polar surface area (TPSA) is 127 Å². The van der Waals surface area contributed by atoms with E-state index < -0.39 is 5.41 Å². The maximum absolute atomic E-state index is 13.7. The minimum Gasteiger partial charge on any atom is -0.471 e. The number of Topliss-reactive ketones (excluding diaryl/α,β-unsaturated/α-hetero) is 1. The average Bonchev–Trinajstić information content (AvgIpc) is 3.69. The maximum atomic E-state index is 13.7. The molecule has 3 aromatic rings. The van der Waals surface area contributed by atoms with Crippen molar-refractivity contribution in [2.75, 3.05) is 33.9 Å². The molecule has 12 nitrogen and oxygen atoms in total. The Hall–Kier alpha value is -3.09. The number of likely N-dealkylation sites (N-methyl/N-ethyl adjacent to an activating group) is 1. The van der Waals surface area contributed by atoms with Crippen LogP contribution in [0.4, 0.5) is 0 Å². The van der Waals surface area contributed by atoms with Crippen molar-refractivity contribution in [3.63, 3.8) is 0 Å². The van der Waals surface area contributed by atoms with Crippen molar-refractivity contribution < 1.29 is 23.5 Å². The number of carbonyl (C=O) groups excluding carboxylic acids is 1. The molecule has 0 radical (unpaired) electrons. The molecule has 2 saturated heterocycles. The lowest BCUT2D eigenvalue weighted by molar-refractivity contribution is -0.127. The summed E-state index contributed by atoms with van der Waals surface area (Å²) in [5.41, 5.74) is 1.91. The molecule has 2 aliphatic heterocycles. The lowest BCUT2D eigenvalue weighted by Gasteiger charge is -2.37. The molecule has 0 bridgehead atoms. The minimum absolute atomic E-state index is 0.0135. The highest BCUT2D eigenvalue weighted by Gasteiger charge is 2.48. The van der Waals surface area contributed by atoms with Gasteiger partial charge in [-0.1, -0.05) is 11.6 Å². The summed E-state index contributed by atoms with van der Waals surface area (Å²) in [6, 6.07) is -0.136. The Morgan fingerprint density at radius 2 is 1.88 bits per heavy atom. The van der Waals surface area contributed by atoms with Crippen molar-refractivity contribution in [3.05, 3.63) is 21.7 Å². The molecule has 3 fully saturated rings. The number of likely N-dealkylation sites (tertiary alicyclic amines) is 1. The summed E-state index contributed by atoms with van der Waals surface area (Å²) in [7, 11) is 5.54. The first-order valence-electron chi connectivity index (χ1n) is 15.8. The zero-order chi connectivity index (χ0) is 29.9. The second-order valence-electron chi connectivity index (χ2n) is 12.9. The van der Waals surface area contributed by atoms with Gasteiger partial charge in [-0.15, -0.1) is 0 Å². The number of carbonyl (C=O) groups is 1. The Balaban J connectivity index is 1.38. The molecule has 0 unspecified atom stereocenters. The fraction of sp³-hybridized carbons (Fsp3) is 0.710. The monoisotopic (exact) mass is 594 g/mol. The van der Waals surface area contributed by atoms with E-state index in [2.05, 4.69) is 17.1 Å². The van der Waals surface area contributed by atoms with Gasteiger partial charge in [0, 0.05) is 39.3 Å². The number of aryl methyl sites for hydroxylation is 1. The summed E-state index contributed by atoms with van der Waals surface area (Å²) >= 11 is 0. The van der Waals surface area contributed by atoms with Gasteiger partial charge in [0.25, 0.3) is 0 Å². The summed E-state index contributed by atoms with van der Waals surface area (Å²) in [4.78, 5) is 39.2. The lowest BCUT2D eigenvalue weighted by atomic mass is 9.64. The van der Waals surface area contributed by atoms with Crippen molar-refractivity contribution in [3.8, 4) is 17.5 Å². The molecule has 232 valence electrons. The highest BCUT2D eigenvalue weighted by Crippen LogP contribution is 2.47. The molecule has 3 aromatic heterocycles. The van der Waals surface area contributed by atoms with E-state index in [-0.39, 0.29) is 35.8 Å². The zero-order valence-corrected chi connectivity index (χ0v) is 25.6. The first kappa shape index (κ1) is 28.7. The Morgan fingerprint density at radius 1 is 1.05 bits per heavy atom. The SMILES string of the molecule is CO[C@H]1CCN(C)[C@@H]1[C@H](C)Oc1nc(-c2onc3c2CCC[C@@]32CCCCC2=O)nc2c1n(C)c(=O)n2[C@@H]1CCCOC1. The van der Waals surface area contributed by atoms with E-state index in [0.717, 1.165) is 75.6 Å². The molecule has 1 spiro atoms. The fourth-order valence-electron chi connectivity index (χ4n) is 8.15. The van der Waals surface area contributed by atoms with Crippen LogP contribution in [0.15, 0.2) is 9.32 Å². The second kappa shape index (κ2) is 11.1. The van der Waals surface area contributed by atoms with Gasteiger partial charge in [0.1, 0.15) is 17.6 Å². The first-order valence-corrected chi connectivity index (χ1v) is 15.8. The third-order valence-electron chi connectivity index (χ3n) is 10.4. The average molecular weight is 595 g/mol. The van der Waals surface area contributed by atoms with Gasteiger partial charge < -0.3 is 18.7 Å². The van der Waals surface area contributed by atoms with Crippen LogP contribution in [0.1, 0.15) is 82.0 Å². The van der Waals surface area contributed by atoms with E-state index in [1.165, 1.54) is 0 Å². The molecule has 0 N–H and O–H groups in total. The van der Waals surface area contributed by atoms with Crippen molar-refractivity contribution in [1.82, 2.24) is 29.2 Å². The number of aromatic nitrogens is 5. The van der Waals surface area contributed by atoms with Crippen LogP contribution in [0.5, 0.6) is 5.88 Å². The van der Waals surface area contributed by atoms with Crippen LogP contribution in [-0.4, -0.2) is 87.1 Å². The van der Waals surface area contributed by atoms with E-state index >= 15 is 0 Å². The molecule has 1 saturated carbocycles. The lowest BCUT2D eigenvalue weighted by Crippen LogP contribution is -2.45. The van der Waals surface area contributed by atoms with Gasteiger partial charge in [0.05, 0.1) is 30.2 Å². The summed E-state index contributed by atoms with van der Waals surface area (Å²) < 4.78 is 27.6. The Labute approximate surface area is 250 Å². The largest absolute Gasteiger partial charge is 0.471 e. The summed E-state index contributed by atoms with van der Waals surface area (Å²) in [5, 5.41) is 4.53. The van der Waals surface area contributed by atoms with Gasteiger partial charge in [0.15, 0.2) is 11.2 Å². The van der Waals surface area contributed by atoms with Crippen LogP contribution in [0.2, 0.25) is 0 Å². The minimum atomic E-state index is -0.581. The number of methoxy groups -OCH3 is 1. The van der Waals surface area contributed by atoms with E-state index in [1.54, 1.807) is 23.3 Å². The van der Waals surface area contributed by atoms with Crippen molar-refractivity contribution in [2.45, 2.75) is 101 Å². The van der Waals surface area contributed by atoms with Crippen LogP contribution in [0.25, 0.3) is 22.7 Å². The Morgan fingerprint density at radius 3 is 2.65 bits per heavy atom. The number of hydrogen-bond donors (Lipinski definition) is 0. The number of rotatable bonds is 6. The number of imidazole rings is 1. The van der Waals surface area contributed by atoms with Crippen molar-refractivity contribution in [1.29, 1.82) is 0 Å². The van der Waals surface area contributed by atoms with Gasteiger partial charge >= 0.3 is 5.69 Å². The van der Waals surface area contributed by atoms with Crippen LogP contribution in [-0.2, 0) is 33.2 Å². The Kier molecular flexibility index (Phi) is 7.41. The van der Waals surface area contributed by atoms with E-state index in [9.17, 15) is 9.59 Å². The Bertz CT molecular complexity index is 1590. The first-order chi connectivity index (χ1) is 20.8. The standard InChI is InChI=1S/C31H42N6O6/c1-18(23-21(40-4)12-15-35(23)2)42-29-24-28(37(30(39)36(24)3)19-9-8-16-41-17-19)32-27(33-29)25-20-10-7-14-31(26(20)34-43-25)13-6-5-11-22(31)38/h18-19,21,23H,5-17H2,1-4H3/t18-,19+,21-,23+,31+/m0/s1. The number of nitrogens with zero attached hydrogens (tertiary/aromatic N) is 6. The molecule has 0 amide bonds. The molecule has 2 aliphatic carbocycles. The highest BCUT2D eigenvalue weighted by molar-refractivity contribution is 5.91. The van der Waals surface area contributed by atoms with Gasteiger partial charge in [-0.3, -0.25) is 18.8 Å². The molecular formula is C31H42N6O6. The molecule has 12 heteroatoms. The maximum Gasteiger partial charge on any atom is 0.330 e. The summed E-state index contributed by atoms with van der Waals surface area (Å²) in [6.45, 7) is 4.05. The molecule has 4 aliphatic rings. The van der Waals surface area contributed by atoms with Crippen LogP contribution in [0.3, 0.4) is 0 Å². The van der Waals surface area contributed by atoms with Gasteiger partial charge in [-0.25, -0.2) is 9.78 Å². The van der Waals surface area contributed by atoms with E-state index in [1.807, 2.05) is 6.92 Å². The second-order valence-corrected chi connectivity index (χ2v) is 12.9. The van der Waals surface area contributed by atoms with Crippen molar-refractivity contribution >= 4 is 16.9 Å². The molecule has 5 atom stereocenters. The van der Waals surface area contributed by atoms with Crippen molar-refractivity contribution in [2.24, 2.45) is 7.05 Å². The number of ether oxygens (including phenoxy) is 3. The molecule has 7 rings (SSSR count). The smallest absolute Gasteiger partial charge is 0.330 e. The van der Waals surface area contributed by atoms with E-state index in [4.69, 9.17) is 28.7 Å². The number of fused-ring (bicyclic) bond motifs is 3. The zero-order valence-electron chi connectivity index (χ0n) is 25.6. The third kappa shape index (κ3) is 4.55. The predicted molar refractivity (Wildman–Crippen MR) is 157 cm³/mol. The summed E-state index contributed by atoms with van der Waals surface area (Å²) in [5.74, 6) is 1.36. The quantitative estimate of drug-likeness (QED) is 0.419. The molecule has 5 heterocycles. The van der Waals surface area contributed by atoms with Gasteiger partial charge in [0.2, 0.25) is 17.5 Å². The van der Waals surface area contributed by atoms with Crippen LogP contribution < -0.4 is 10.4 Å². The van der Waals surface area contributed by atoms with E-state index in [0.29, 0.717) is 48.3 Å². The third-order valence-corrected chi connectivity index (χ3v) is 10.4. The van der Waals surface area contributed by atoms with Crippen LogP contribution in [0, 0.1) is 0 Å². The molecule has 0 aromatic carbocycles. The summed E-state index contributed by atoms with van der Waals surface area (Å²) in [6.07, 6.45) is 8.04. The molecular weight excluding hydrogens is 552 g/mol. The predicted octanol–water partition coefficient (Wildman–Crippen LogP) is 3.34. The number of hydrogen-bond acceptors (Lipinski definition) is 10. The molecule has 43 heavy (non-hydrogen) atoms. The fourth-order valence-corrected chi connectivity index (χ4v) is 8.15. The van der Waals surface area contributed by atoms with Gasteiger partial charge in [-0.2, -0.15) is 4.98 Å².